The lowest BCUT2D eigenvalue weighted by atomic mass is 10.2. The number of esters is 1. The number of thiophene rings is 1. The van der Waals surface area contributed by atoms with Gasteiger partial charge in [-0.05, 0) is 6.92 Å². The number of hydrogen-bond donors (Lipinski definition) is 3. The van der Waals surface area contributed by atoms with E-state index in [-0.39, 0.29) is 18.0 Å². The first-order valence-corrected chi connectivity index (χ1v) is 7.42. The molecule has 0 amide bonds. The van der Waals surface area contributed by atoms with Crippen LogP contribution in [0, 0.1) is 0 Å². The number of carbonyl (C=O) groups excluding carboxylic acids is 1. The van der Waals surface area contributed by atoms with Crippen molar-refractivity contribution in [3.63, 3.8) is 0 Å². The highest BCUT2D eigenvalue weighted by Crippen LogP contribution is 2.30. The molecule has 0 aliphatic heterocycles. The predicted molar refractivity (Wildman–Crippen MR) is 80.7 cm³/mol. The molecule has 0 spiro atoms. The molecule has 0 aliphatic rings. The van der Waals surface area contributed by atoms with Crippen molar-refractivity contribution in [2.75, 3.05) is 11.9 Å². The molecule has 2 aromatic heterocycles. The van der Waals surface area contributed by atoms with Gasteiger partial charge in [0.2, 0.25) is 0 Å². The van der Waals surface area contributed by atoms with Crippen LogP contribution in [0.2, 0.25) is 0 Å². The average Bonchev–Trinajstić information content (AvgIpc) is 2.91. The lowest BCUT2D eigenvalue weighted by molar-refractivity contribution is -0.144. The molecule has 0 fully saturated rings. The monoisotopic (exact) mass is 339 g/mol. The zero-order valence-electron chi connectivity index (χ0n) is 12.0. The van der Waals surface area contributed by atoms with Crippen LogP contribution in [-0.2, 0) is 14.3 Å². The van der Waals surface area contributed by atoms with E-state index in [1.54, 1.807) is 6.92 Å². The Kier molecular flexibility index (Phi) is 5.06. The van der Waals surface area contributed by atoms with Crippen molar-refractivity contribution < 1.29 is 29.3 Å². The third-order valence-corrected chi connectivity index (χ3v) is 3.74. The molecule has 0 aromatic carbocycles. The number of hydrogen-bond acceptors (Lipinski definition) is 8. The van der Waals surface area contributed by atoms with Crippen LogP contribution in [0.5, 0.6) is 0 Å². The smallest absolute Gasteiger partial charge is 0.339 e. The molecule has 1 unspecified atom stereocenters. The van der Waals surface area contributed by atoms with Gasteiger partial charge in [-0.2, -0.15) is 0 Å². The number of carboxylic acids is 2. The van der Waals surface area contributed by atoms with Gasteiger partial charge in [0.15, 0.2) is 0 Å². The Labute approximate surface area is 133 Å². The summed E-state index contributed by atoms with van der Waals surface area (Å²) in [7, 11) is 0. The summed E-state index contributed by atoms with van der Waals surface area (Å²) in [6, 6.07) is -1.39. The Morgan fingerprint density at radius 3 is 2.70 bits per heavy atom. The van der Waals surface area contributed by atoms with Crippen molar-refractivity contribution in [2.45, 2.75) is 19.4 Å². The van der Waals surface area contributed by atoms with Gasteiger partial charge in [-0.3, -0.25) is 4.79 Å². The second-order valence-corrected chi connectivity index (χ2v) is 5.26. The first-order chi connectivity index (χ1) is 10.9. The lowest BCUT2D eigenvalue weighted by Gasteiger charge is -2.14. The van der Waals surface area contributed by atoms with E-state index >= 15 is 0 Å². The molecular formula is C13H13N3O6S. The third-order valence-electron chi connectivity index (χ3n) is 2.85. The van der Waals surface area contributed by atoms with Crippen LogP contribution in [-0.4, -0.2) is 50.7 Å². The molecule has 122 valence electrons. The van der Waals surface area contributed by atoms with E-state index in [1.165, 1.54) is 23.0 Å². The number of carboxylic acid groups (broad SMARTS) is 2. The van der Waals surface area contributed by atoms with Crippen LogP contribution in [0.1, 0.15) is 23.7 Å². The molecule has 1 atom stereocenters. The van der Waals surface area contributed by atoms with Gasteiger partial charge in [0.05, 0.1) is 24.0 Å². The van der Waals surface area contributed by atoms with Crippen molar-refractivity contribution in [1.29, 1.82) is 0 Å². The summed E-state index contributed by atoms with van der Waals surface area (Å²) in [5.41, 5.74) is 0.203. The zero-order chi connectivity index (χ0) is 17.0. The number of carbonyl (C=O) groups is 3. The van der Waals surface area contributed by atoms with E-state index in [2.05, 4.69) is 15.3 Å². The molecule has 2 rings (SSSR count). The second-order valence-electron chi connectivity index (χ2n) is 4.41. The van der Waals surface area contributed by atoms with E-state index in [0.29, 0.717) is 10.2 Å². The molecule has 2 aromatic rings. The maximum Gasteiger partial charge on any atom is 0.339 e. The Bertz CT molecular complexity index is 759. The molecule has 0 bridgehead atoms. The summed E-state index contributed by atoms with van der Waals surface area (Å²) in [6.07, 6.45) is 0.565. The Balaban J connectivity index is 2.43. The van der Waals surface area contributed by atoms with Gasteiger partial charge in [-0.1, -0.05) is 0 Å². The number of aliphatic carboxylic acids is 2. The first kappa shape index (κ1) is 16.6. The number of nitrogens with one attached hydrogen (secondary N) is 1. The van der Waals surface area contributed by atoms with Gasteiger partial charge in [-0.15, -0.1) is 11.3 Å². The van der Waals surface area contributed by atoms with E-state index in [9.17, 15) is 14.4 Å². The summed E-state index contributed by atoms with van der Waals surface area (Å²) < 4.78 is 4.94. The summed E-state index contributed by atoms with van der Waals surface area (Å²) in [5, 5.41) is 22.3. The van der Waals surface area contributed by atoms with Crippen LogP contribution in [0.25, 0.3) is 10.2 Å². The SMILES string of the molecule is CCOC(=O)c1csc2ncnc(NC(CC(=O)O)C(=O)O)c12. The molecule has 9 nitrogen and oxygen atoms in total. The predicted octanol–water partition coefficient (Wildman–Crippen LogP) is 1.21. The second kappa shape index (κ2) is 7.01. The van der Waals surface area contributed by atoms with E-state index in [0.717, 1.165) is 0 Å². The fourth-order valence-corrected chi connectivity index (χ4v) is 2.76. The Morgan fingerprint density at radius 1 is 1.35 bits per heavy atom. The normalized spacial score (nSPS) is 11.9. The van der Waals surface area contributed by atoms with Gasteiger partial charge >= 0.3 is 17.9 Å². The maximum atomic E-state index is 12.0. The topological polar surface area (TPSA) is 139 Å². The van der Waals surface area contributed by atoms with E-state index in [1.807, 2.05) is 0 Å². The van der Waals surface area contributed by atoms with Gasteiger partial charge < -0.3 is 20.3 Å². The standard InChI is InChI=1S/C13H13N3O6S/c1-2-22-13(21)6-4-23-11-9(6)10(14-5-15-11)16-7(12(19)20)3-8(17)18/h4-5,7H,2-3H2,1H3,(H,17,18)(H,19,20)(H,14,15,16). The molecule has 0 saturated carbocycles. The number of nitrogens with zero attached hydrogens (tertiary/aromatic N) is 2. The van der Waals surface area contributed by atoms with Gasteiger partial charge in [0.1, 0.15) is 23.0 Å². The number of aromatic nitrogens is 2. The van der Waals surface area contributed by atoms with Crippen molar-refractivity contribution in [1.82, 2.24) is 9.97 Å². The highest BCUT2D eigenvalue weighted by molar-refractivity contribution is 7.17. The van der Waals surface area contributed by atoms with Crippen molar-refractivity contribution >= 4 is 45.3 Å². The number of anilines is 1. The minimum atomic E-state index is -1.39. The minimum Gasteiger partial charge on any atom is -0.481 e. The Morgan fingerprint density at radius 2 is 2.09 bits per heavy atom. The quantitative estimate of drug-likeness (QED) is 0.635. The number of ether oxygens (including phenoxy) is 1. The highest BCUT2D eigenvalue weighted by Gasteiger charge is 2.24. The molecule has 10 heteroatoms. The molecular weight excluding hydrogens is 326 g/mol. The zero-order valence-corrected chi connectivity index (χ0v) is 12.8. The average molecular weight is 339 g/mol. The van der Waals surface area contributed by atoms with Crippen LogP contribution in [0.15, 0.2) is 11.7 Å². The fraction of sp³-hybridized carbons (Fsp3) is 0.308. The largest absolute Gasteiger partial charge is 0.481 e. The molecule has 3 N–H and O–H groups in total. The summed E-state index contributed by atoms with van der Waals surface area (Å²) in [4.78, 5) is 42.3. The van der Waals surface area contributed by atoms with Gasteiger partial charge in [-0.25, -0.2) is 19.6 Å². The van der Waals surface area contributed by atoms with E-state index < -0.39 is 30.4 Å². The van der Waals surface area contributed by atoms with Crippen LogP contribution >= 0.6 is 11.3 Å². The summed E-state index contributed by atoms with van der Waals surface area (Å²) >= 11 is 1.18. The number of rotatable bonds is 7. The molecule has 0 radical (unpaired) electrons. The Hall–Kier alpha value is -2.75. The number of fused-ring (bicyclic) bond motifs is 1. The van der Waals surface area contributed by atoms with Gasteiger partial charge in [0.25, 0.3) is 0 Å². The maximum absolute atomic E-state index is 12.0. The summed E-state index contributed by atoms with van der Waals surface area (Å²) in [6.45, 7) is 1.85. The fourth-order valence-electron chi connectivity index (χ4n) is 1.88. The van der Waals surface area contributed by atoms with E-state index in [4.69, 9.17) is 14.9 Å². The molecule has 0 aliphatic carbocycles. The summed E-state index contributed by atoms with van der Waals surface area (Å²) in [5.74, 6) is -3.12. The van der Waals surface area contributed by atoms with Crippen molar-refractivity contribution in [3.05, 3.63) is 17.3 Å². The van der Waals surface area contributed by atoms with Crippen molar-refractivity contribution in [2.24, 2.45) is 0 Å². The first-order valence-electron chi connectivity index (χ1n) is 6.54. The molecule has 2 heterocycles. The third kappa shape index (κ3) is 3.72. The van der Waals surface area contributed by atoms with Crippen molar-refractivity contribution in [3.8, 4) is 0 Å². The van der Waals surface area contributed by atoms with Crippen LogP contribution < -0.4 is 5.32 Å². The van der Waals surface area contributed by atoms with Crippen LogP contribution in [0.4, 0.5) is 5.82 Å². The minimum absolute atomic E-state index is 0.0768. The highest BCUT2D eigenvalue weighted by atomic mass is 32.1. The van der Waals surface area contributed by atoms with Gasteiger partial charge in [0, 0.05) is 5.38 Å². The molecule has 23 heavy (non-hydrogen) atoms. The molecule has 0 saturated heterocycles. The lowest BCUT2D eigenvalue weighted by Crippen LogP contribution is -2.32. The van der Waals surface area contributed by atoms with Crippen LogP contribution in [0.3, 0.4) is 0 Å².